The van der Waals surface area contributed by atoms with E-state index in [4.69, 9.17) is 44.9 Å². The number of rotatable bonds is 3. The van der Waals surface area contributed by atoms with E-state index in [-0.39, 0.29) is 141 Å². The molecule has 0 bridgehead atoms. The summed E-state index contributed by atoms with van der Waals surface area (Å²) in [4.78, 5) is 58.7. The summed E-state index contributed by atoms with van der Waals surface area (Å²) in [7, 11) is 2.75. The van der Waals surface area contributed by atoms with E-state index < -0.39 is 5.24 Å². The number of ether oxygens (including phenoxy) is 2. The summed E-state index contributed by atoms with van der Waals surface area (Å²) in [5.41, 5.74) is 0. The number of hydrogen-bond donors (Lipinski definition) is 1. The van der Waals surface area contributed by atoms with Crippen molar-refractivity contribution in [3.63, 3.8) is 0 Å². The van der Waals surface area contributed by atoms with E-state index in [1.807, 2.05) is 0 Å². The van der Waals surface area contributed by atoms with Crippen LogP contribution in [0.15, 0.2) is 0 Å². The van der Waals surface area contributed by atoms with Crippen LogP contribution in [-0.2, 0) is 28.7 Å². The normalized spacial score (nSPS) is 13.7. The van der Waals surface area contributed by atoms with Crippen molar-refractivity contribution in [3.8, 4) is 0 Å². The molecular formula is C17H29Cl3K2N4O9. The molecule has 0 aliphatic carbocycles. The fourth-order valence-electron chi connectivity index (χ4n) is 2.33. The Morgan fingerprint density at radius 3 is 1.49 bits per heavy atom. The summed E-state index contributed by atoms with van der Waals surface area (Å²) >= 11 is 15.0. The maximum Gasteiger partial charge on any atom is 1.00 e. The number of carbonyl (C=O) groups excluding carboxylic acids is 5. The Bertz CT molecular complexity index is 582. The Hall–Kier alpha value is 1.21. The molecule has 0 aromatic heterocycles. The van der Waals surface area contributed by atoms with E-state index >= 15 is 0 Å². The predicted octanol–water partition coefficient (Wildman–Crippen LogP) is -6.66. The van der Waals surface area contributed by atoms with Gasteiger partial charge >= 0.3 is 115 Å². The molecule has 0 radical (unpaired) electrons. The molecule has 0 saturated carbocycles. The van der Waals surface area contributed by atoms with Gasteiger partial charge in [0.1, 0.15) is 5.88 Å². The number of piperazine rings is 2. The standard InChI is InChI=1S/C8H13ClN2O3.C6H12N2O2.C2H2Cl2O.CH2O3.2K.H/c1-14-8(13)11-4-2-10(3-5-11)7(12)6-9;1-10-6(9)8-4-2-7-3-5-8;3-1-2(4)5;2-1-4-3;;;/h2-6H2,1H3;7H,2-5H2,1H3;1H2;1,3H;;;/q;;;;2*+1;-1/p-1. The average molecular weight is 618 g/mol. The number of amides is 3. The van der Waals surface area contributed by atoms with Gasteiger partial charge in [0, 0.05) is 52.4 Å². The largest absolute Gasteiger partial charge is 1.00 e. The first-order chi connectivity index (χ1) is 15.7. The molecule has 194 valence electrons. The molecule has 35 heavy (non-hydrogen) atoms. The molecule has 2 fully saturated rings. The summed E-state index contributed by atoms with van der Waals surface area (Å²) in [6.07, 6.45) is -0.565. The van der Waals surface area contributed by atoms with Crippen molar-refractivity contribution in [2.75, 3.05) is 78.3 Å². The maximum absolute atomic E-state index is 11.2. The van der Waals surface area contributed by atoms with E-state index in [0.29, 0.717) is 26.2 Å². The van der Waals surface area contributed by atoms with Crippen LogP contribution >= 0.6 is 34.8 Å². The molecule has 2 heterocycles. The molecule has 2 aliphatic rings. The van der Waals surface area contributed by atoms with Gasteiger partial charge in [0.15, 0.2) is 0 Å². The first-order valence-corrected chi connectivity index (χ1v) is 10.8. The zero-order valence-corrected chi connectivity index (χ0v) is 28.8. The number of methoxy groups -OCH3 is 2. The SMILES string of the molecule is COC(=O)N1CCN(C(=O)CCl)CC1.COC(=O)N1CCNCC1.O=C(Cl)CCl.O=CO[O-].[H-].[K+].[K+]. The van der Waals surface area contributed by atoms with Gasteiger partial charge in [-0.15, -0.1) is 23.2 Å². The molecule has 0 aromatic rings. The van der Waals surface area contributed by atoms with Gasteiger partial charge in [0.2, 0.25) is 11.1 Å². The quantitative estimate of drug-likeness (QED) is 0.0806. The first kappa shape index (κ1) is 43.3. The van der Waals surface area contributed by atoms with Crippen molar-refractivity contribution < 1.29 is 148 Å². The minimum absolute atomic E-state index is 0. The number of nitrogens with zero attached hydrogens (tertiary/aromatic N) is 3. The van der Waals surface area contributed by atoms with Crippen molar-refractivity contribution in [1.82, 2.24) is 20.0 Å². The Balaban J connectivity index is -0.000000129. The number of hydrogen-bond acceptors (Lipinski definition) is 10. The molecule has 0 spiro atoms. The van der Waals surface area contributed by atoms with Crippen LogP contribution in [-0.4, -0.2) is 123 Å². The summed E-state index contributed by atoms with van der Waals surface area (Å²) < 4.78 is 9.12. The van der Waals surface area contributed by atoms with Gasteiger partial charge in [-0.25, -0.2) is 9.59 Å². The smallest absolute Gasteiger partial charge is 1.00 e. The van der Waals surface area contributed by atoms with Crippen LogP contribution in [0.3, 0.4) is 0 Å². The van der Waals surface area contributed by atoms with Crippen LogP contribution < -0.4 is 113 Å². The van der Waals surface area contributed by atoms with Crippen molar-refractivity contribution in [3.05, 3.63) is 0 Å². The van der Waals surface area contributed by atoms with Gasteiger partial charge in [-0.05, 0) is 11.6 Å². The third-order valence-corrected chi connectivity index (χ3v) is 4.62. The minimum atomic E-state index is -0.508. The van der Waals surface area contributed by atoms with Crippen molar-refractivity contribution in [1.29, 1.82) is 0 Å². The zero-order valence-electron chi connectivity index (χ0n) is 21.3. The maximum atomic E-state index is 11.2. The van der Waals surface area contributed by atoms with Crippen molar-refractivity contribution >= 4 is 64.6 Å². The summed E-state index contributed by atoms with van der Waals surface area (Å²) in [5, 5.41) is 11.1. The average Bonchev–Trinajstić information content (AvgIpc) is 2.88. The number of carbonyl (C=O) groups is 5. The third-order valence-electron chi connectivity index (χ3n) is 3.87. The molecular weight excluding hydrogens is 589 g/mol. The van der Waals surface area contributed by atoms with E-state index in [0.717, 1.165) is 26.2 Å². The minimum Gasteiger partial charge on any atom is -1.00 e. The van der Waals surface area contributed by atoms with Crippen LogP contribution in [0.2, 0.25) is 0 Å². The molecule has 18 heteroatoms. The van der Waals surface area contributed by atoms with Crippen LogP contribution in [0, 0.1) is 0 Å². The molecule has 0 atom stereocenters. The van der Waals surface area contributed by atoms with Crippen LogP contribution in [0.5, 0.6) is 0 Å². The van der Waals surface area contributed by atoms with Crippen LogP contribution in [0.25, 0.3) is 0 Å². The second kappa shape index (κ2) is 29.8. The Morgan fingerprint density at radius 2 is 1.20 bits per heavy atom. The van der Waals surface area contributed by atoms with Crippen molar-refractivity contribution in [2.45, 2.75) is 0 Å². The number of halogens is 3. The second-order valence-corrected chi connectivity index (χ2v) is 6.82. The van der Waals surface area contributed by atoms with E-state index in [9.17, 15) is 19.2 Å². The van der Waals surface area contributed by atoms with Crippen molar-refractivity contribution in [2.24, 2.45) is 0 Å². The molecule has 2 aliphatic heterocycles. The van der Waals surface area contributed by atoms with Crippen LogP contribution in [0.1, 0.15) is 1.43 Å². The molecule has 2 saturated heterocycles. The van der Waals surface area contributed by atoms with Gasteiger partial charge in [-0.2, -0.15) is 0 Å². The van der Waals surface area contributed by atoms with E-state index in [1.165, 1.54) is 14.2 Å². The van der Waals surface area contributed by atoms with E-state index in [1.54, 1.807) is 14.7 Å². The Kier molecular flexibility index (Phi) is 36.8. The van der Waals surface area contributed by atoms with Gasteiger partial charge in [0.05, 0.1) is 20.1 Å². The fourth-order valence-corrected chi connectivity index (χ4v) is 2.50. The monoisotopic (exact) mass is 616 g/mol. The number of alkyl halides is 2. The molecule has 0 aromatic carbocycles. The molecule has 13 nitrogen and oxygen atoms in total. The third kappa shape index (κ3) is 24.0. The molecule has 3 amide bonds. The predicted molar refractivity (Wildman–Crippen MR) is 118 cm³/mol. The van der Waals surface area contributed by atoms with Crippen LogP contribution in [0.4, 0.5) is 9.59 Å². The van der Waals surface area contributed by atoms with Gasteiger partial charge in [-0.1, -0.05) is 0 Å². The molecule has 1 N–H and O–H groups in total. The zero-order chi connectivity index (χ0) is 25.6. The Labute approximate surface area is 306 Å². The molecule has 2 rings (SSSR count). The number of nitrogens with one attached hydrogen (secondary N) is 1. The topological polar surface area (TPSA) is 158 Å². The Morgan fingerprint density at radius 1 is 0.857 bits per heavy atom. The summed E-state index contributed by atoms with van der Waals surface area (Å²) in [5.74, 6) is -0.184. The fraction of sp³-hybridized carbons (Fsp3) is 0.706. The van der Waals surface area contributed by atoms with E-state index in [2.05, 4.69) is 19.7 Å². The van der Waals surface area contributed by atoms with Gasteiger partial charge in [0.25, 0.3) is 6.47 Å². The summed E-state index contributed by atoms with van der Waals surface area (Å²) in [6.45, 7) is 5.15. The first-order valence-electron chi connectivity index (χ1n) is 9.39. The van der Waals surface area contributed by atoms with Gasteiger partial charge < -0.3 is 41.1 Å². The van der Waals surface area contributed by atoms with Gasteiger partial charge in [-0.3, -0.25) is 14.4 Å². The second-order valence-electron chi connectivity index (χ2n) is 5.86. The summed E-state index contributed by atoms with van der Waals surface area (Å²) in [6, 6.07) is 0. The molecule has 0 unspecified atom stereocenters.